The predicted octanol–water partition coefficient (Wildman–Crippen LogP) is 1.97. The molecule has 4 rings (SSSR count). The van der Waals surface area contributed by atoms with E-state index >= 15 is 0 Å². The number of carbonyl (C=O) groups is 1. The summed E-state index contributed by atoms with van der Waals surface area (Å²) in [6, 6.07) is 7.25. The van der Waals surface area contributed by atoms with E-state index in [1.54, 1.807) is 17.4 Å². The first-order chi connectivity index (χ1) is 13.6. The number of thiazole rings is 1. The number of rotatable bonds is 5. The van der Waals surface area contributed by atoms with Crippen molar-refractivity contribution in [2.45, 2.75) is 26.3 Å². The number of carbonyl (C=O) groups excluding carboxylic acids is 1. The zero-order valence-corrected chi connectivity index (χ0v) is 16.7. The number of aromatic nitrogens is 3. The van der Waals surface area contributed by atoms with Crippen LogP contribution in [0.1, 0.15) is 22.9 Å². The topological polar surface area (TPSA) is 82.2 Å². The van der Waals surface area contributed by atoms with Gasteiger partial charge in [0.05, 0.1) is 21.6 Å². The van der Waals surface area contributed by atoms with Crippen molar-refractivity contribution in [2.75, 3.05) is 26.2 Å². The normalized spacial score (nSPS) is 15.2. The summed E-state index contributed by atoms with van der Waals surface area (Å²) >= 11 is 1.67. The second-order valence-corrected chi connectivity index (χ2v) is 8.11. The van der Waals surface area contributed by atoms with E-state index in [1.807, 2.05) is 30.0 Å². The van der Waals surface area contributed by atoms with Crippen LogP contribution in [0.25, 0.3) is 10.9 Å². The lowest BCUT2D eigenvalue weighted by Crippen LogP contribution is -2.48. The minimum atomic E-state index is -0.154. The third-order valence-corrected chi connectivity index (χ3v) is 5.84. The maximum atomic E-state index is 12.6. The van der Waals surface area contributed by atoms with E-state index in [1.165, 1.54) is 0 Å². The van der Waals surface area contributed by atoms with Crippen LogP contribution < -0.4 is 5.56 Å². The Hall–Kier alpha value is -2.58. The Morgan fingerprint density at radius 2 is 1.96 bits per heavy atom. The molecule has 7 nitrogen and oxygen atoms in total. The third kappa shape index (κ3) is 4.28. The number of H-pyrrole nitrogens is 1. The number of fused-ring (bicyclic) bond motifs is 1. The molecule has 28 heavy (non-hydrogen) atoms. The minimum absolute atomic E-state index is 0.111. The summed E-state index contributed by atoms with van der Waals surface area (Å²) < 4.78 is 0. The van der Waals surface area contributed by atoms with E-state index in [2.05, 4.69) is 25.2 Å². The zero-order chi connectivity index (χ0) is 19.5. The molecule has 1 fully saturated rings. The summed E-state index contributed by atoms with van der Waals surface area (Å²) in [5.41, 5.74) is 1.62. The molecule has 146 valence electrons. The van der Waals surface area contributed by atoms with Crippen LogP contribution >= 0.6 is 11.3 Å². The van der Waals surface area contributed by atoms with Crippen LogP contribution in [0.3, 0.4) is 0 Å². The van der Waals surface area contributed by atoms with Crippen molar-refractivity contribution in [3.63, 3.8) is 0 Å². The van der Waals surface area contributed by atoms with Gasteiger partial charge in [-0.1, -0.05) is 12.1 Å². The molecule has 0 saturated carbocycles. The van der Waals surface area contributed by atoms with E-state index in [9.17, 15) is 9.59 Å². The smallest absolute Gasteiger partial charge is 0.258 e. The number of amides is 1. The fraction of sp³-hybridized carbons (Fsp3) is 0.400. The largest absolute Gasteiger partial charge is 0.340 e. The molecular formula is C20H23N5O2S. The minimum Gasteiger partial charge on any atom is -0.340 e. The molecule has 1 aliphatic rings. The van der Waals surface area contributed by atoms with Gasteiger partial charge in [-0.2, -0.15) is 0 Å². The van der Waals surface area contributed by atoms with Crippen LogP contribution in [0.15, 0.2) is 34.4 Å². The third-order valence-electron chi connectivity index (χ3n) is 5.01. The molecule has 2 aromatic heterocycles. The van der Waals surface area contributed by atoms with Gasteiger partial charge in [-0.15, -0.1) is 11.3 Å². The maximum Gasteiger partial charge on any atom is 0.258 e. The molecule has 0 bridgehead atoms. The average molecular weight is 398 g/mol. The van der Waals surface area contributed by atoms with Gasteiger partial charge >= 0.3 is 0 Å². The van der Waals surface area contributed by atoms with Gasteiger partial charge in [-0.3, -0.25) is 14.5 Å². The molecule has 0 spiro atoms. The Kier molecular flexibility index (Phi) is 5.50. The predicted molar refractivity (Wildman–Crippen MR) is 109 cm³/mol. The average Bonchev–Trinajstić information content (AvgIpc) is 3.11. The van der Waals surface area contributed by atoms with E-state index in [0.29, 0.717) is 29.6 Å². The van der Waals surface area contributed by atoms with E-state index in [4.69, 9.17) is 0 Å². The van der Waals surface area contributed by atoms with Crippen molar-refractivity contribution in [1.82, 2.24) is 24.8 Å². The molecule has 1 aromatic carbocycles. The number of aryl methyl sites for hydroxylation is 2. The van der Waals surface area contributed by atoms with E-state index in [-0.39, 0.29) is 11.5 Å². The van der Waals surface area contributed by atoms with Gasteiger partial charge in [0.15, 0.2) is 0 Å². The monoisotopic (exact) mass is 397 g/mol. The van der Waals surface area contributed by atoms with Gasteiger partial charge in [-0.25, -0.2) is 9.97 Å². The van der Waals surface area contributed by atoms with Crippen molar-refractivity contribution < 1.29 is 4.79 Å². The highest BCUT2D eigenvalue weighted by molar-refractivity contribution is 7.09. The number of nitrogens with one attached hydrogen (secondary N) is 1. The number of piperazine rings is 1. The number of hydrogen-bond donors (Lipinski definition) is 1. The molecule has 8 heteroatoms. The molecule has 3 heterocycles. The number of para-hydroxylation sites is 1. The summed E-state index contributed by atoms with van der Waals surface area (Å²) in [7, 11) is 0. The van der Waals surface area contributed by atoms with Crippen molar-refractivity contribution in [2.24, 2.45) is 0 Å². The first kappa shape index (κ1) is 18.8. The molecule has 1 aliphatic heterocycles. The van der Waals surface area contributed by atoms with Gasteiger partial charge in [0.1, 0.15) is 5.82 Å². The van der Waals surface area contributed by atoms with Crippen LogP contribution in [-0.4, -0.2) is 56.8 Å². The summed E-state index contributed by atoms with van der Waals surface area (Å²) in [6.07, 6.45) is 0.795. The van der Waals surface area contributed by atoms with Crippen LogP contribution in [-0.2, 0) is 17.8 Å². The highest BCUT2D eigenvalue weighted by Gasteiger charge is 2.21. The Labute approximate surface area is 167 Å². The molecule has 1 N–H and O–H groups in total. The fourth-order valence-electron chi connectivity index (χ4n) is 3.50. The first-order valence-corrected chi connectivity index (χ1v) is 10.4. The molecule has 1 saturated heterocycles. The van der Waals surface area contributed by atoms with Gasteiger partial charge < -0.3 is 9.88 Å². The van der Waals surface area contributed by atoms with Gasteiger partial charge in [-0.05, 0) is 19.1 Å². The van der Waals surface area contributed by atoms with Gasteiger partial charge in [0, 0.05) is 50.9 Å². The molecule has 1 amide bonds. The summed E-state index contributed by atoms with van der Waals surface area (Å²) in [6.45, 7) is 6.02. The number of benzene rings is 1. The second-order valence-electron chi connectivity index (χ2n) is 7.04. The molecule has 0 atom stereocenters. The van der Waals surface area contributed by atoms with Crippen LogP contribution in [0, 0.1) is 6.92 Å². The molecular weight excluding hydrogens is 374 g/mol. The van der Waals surface area contributed by atoms with Crippen LogP contribution in [0.4, 0.5) is 0 Å². The molecule has 0 radical (unpaired) electrons. The number of aromatic amines is 1. The Balaban J connectivity index is 1.29. The SMILES string of the molecule is Cc1nc(CN2CCN(C(=O)CCc3nc4ccccc4c(=O)[nH]3)CC2)cs1. The number of nitrogens with zero attached hydrogens (tertiary/aromatic N) is 4. The van der Waals surface area contributed by atoms with Gasteiger partial charge in [0.25, 0.3) is 5.56 Å². The quantitative estimate of drug-likeness (QED) is 0.712. The summed E-state index contributed by atoms with van der Waals surface area (Å²) in [5.74, 6) is 0.676. The van der Waals surface area contributed by atoms with Crippen molar-refractivity contribution in [3.8, 4) is 0 Å². The molecule has 0 unspecified atom stereocenters. The standard InChI is InChI=1S/C20H23N5O2S/c1-14-21-15(13-28-14)12-24-8-10-25(11-9-24)19(26)7-6-18-22-17-5-3-2-4-16(17)20(27)23-18/h2-5,13H,6-12H2,1H3,(H,22,23,27). The Morgan fingerprint density at radius 3 is 2.71 bits per heavy atom. The Bertz CT molecular complexity index is 1040. The highest BCUT2D eigenvalue weighted by Crippen LogP contribution is 2.13. The van der Waals surface area contributed by atoms with Crippen molar-refractivity contribution in [1.29, 1.82) is 0 Å². The lowest BCUT2D eigenvalue weighted by molar-refractivity contribution is -0.133. The number of hydrogen-bond acceptors (Lipinski definition) is 6. The highest BCUT2D eigenvalue weighted by atomic mass is 32.1. The summed E-state index contributed by atoms with van der Waals surface area (Å²) in [4.78, 5) is 40.7. The zero-order valence-electron chi connectivity index (χ0n) is 15.9. The lowest BCUT2D eigenvalue weighted by atomic mass is 10.2. The van der Waals surface area contributed by atoms with E-state index < -0.39 is 0 Å². The van der Waals surface area contributed by atoms with Crippen LogP contribution in [0.5, 0.6) is 0 Å². The molecule has 0 aliphatic carbocycles. The summed E-state index contributed by atoms with van der Waals surface area (Å²) in [5, 5.41) is 3.76. The lowest BCUT2D eigenvalue weighted by Gasteiger charge is -2.34. The van der Waals surface area contributed by atoms with Gasteiger partial charge in [0.2, 0.25) is 5.91 Å². The van der Waals surface area contributed by atoms with Crippen molar-refractivity contribution in [3.05, 3.63) is 56.5 Å². The first-order valence-electron chi connectivity index (χ1n) is 9.47. The maximum absolute atomic E-state index is 12.6. The second kappa shape index (κ2) is 8.20. The van der Waals surface area contributed by atoms with Crippen molar-refractivity contribution >= 4 is 28.1 Å². The molecule has 3 aromatic rings. The fourth-order valence-corrected chi connectivity index (χ4v) is 4.11. The van der Waals surface area contributed by atoms with Crippen LogP contribution in [0.2, 0.25) is 0 Å². The Morgan fingerprint density at radius 1 is 1.18 bits per heavy atom. The van der Waals surface area contributed by atoms with E-state index in [0.717, 1.165) is 43.4 Å².